The first kappa shape index (κ1) is 21.6. The SMILES string of the molecule is O=C(NCCOc1ccc(C(F)(F)F)cc1)c1cccc(NC(=O)C2CCCO2)c1. The summed E-state index contributed by atoms with van der Waals surface area (Å²) in [7, 11) is 0. The van der Waals surface area contributed by atoms with Crippen molar-refractivity contribution in [2.75, 3.05) is 25.1 Å². The van der Waals surface area contributed by atoms with Gasteiger partial charge in [-0.15, -0.1) is 0 Å². The second-order valence-corrected chi connectivity index (χ2v) is 6.70. The number of halogens is 3. The number of nitrogens with one attached hydrogen (secondary N) is 2. The van der Waals surface area contributed by atoms with Crippen LogP contribution in [0.1, 0.15) is 28.8 Å². The van der Waals surface area contributed by atoms with E-state index in [-0.39, 0.29) is 30.7 Å². The molecule has 0 radical (unpaired) electrons. The van der Waals surface area contributed by atoms with Crippen LogP contribution in [0.15, 0.2) is 48.5 Å². The Bertz CT molecular complexity index is 879. The van der Waals surface area contributed by atoms with Crippen molar-refractivity contribution in [3.8, 4) is 5.75 Å². The second kappa shape index (κ2) is 9.62. The second-order valence-electron chi connectivity index (χ2n) is 6.70. The Balaban J connectivity index is 1.45. The summed E-state index contributed by atoms with van der Waals surface area (Å²) < 4.78 is 48.3. The molecule has 0 aliphatic carbocycles. The minimum atomic E-state index is -4.40. The van der Waals surface area contributed by atoms with Gasteiger partial charge in [0.1, 0.15) is 18.5 Å². The minimum Gasteiger partial charge on any atom is -0.492 e. The zero-order valence-electron chi connectivity index (χ0n) is 16.0. The highest BCUT2D eigenvalue weighted by atomic mass is 19.4. The number of amides is 2. The summed E-state index contributed by atoms with van der Waals surface area (Å²) in [5.74, 6) is -0.328. The standard InChI is InChI=1S/C21H21F3N2O4/c22-21(23,24)15-6-8-17(9-7-15)29-12-10-25-19(27)14-3-1-4-16(13-14)26-20(28)18-5-2-11-30-18/h1,3-4,6-9,13,18H,2,5,10-12H2,(H,25,27)(H,26,28). The summed E-state index contributed by atoms with van der Waals surface area (Å²) in [5, 5.41) is 5.39. The van der Waals surface area contributed by atoms with Crippen molar-refractivity contribution in [1.82, 2.24) is 5.32 Å². The lowest BCUT2D eigenvalue weighted by Gasteiger charge is -2.12. The first-order chi connectivity index (χ1) is 14.3. The molecule has 1 atom stereocenters. The molecule has 1 heterocycles. The third-order valence-corrected chi connectivity index (χ3v) is 4.45. The van der Waals surface area contributed by atoms with E-state index >= 15 is 0 Å². The molecule has 2 amide bonds. The van der Waals surface area contributed by atoms with Crippen LogP contribution in [0.4, 0.5) is 18.9 Å². The van der Waals surface area contributed by atoms with Gasteiger partial charge in [-0.2, -0.15) is 13.2 Å². The molecule has 1 fully saturated rings. The number of carbonyl (C=O) groups is 2. The Labute approximate surface area is 171 Å². The van der Waals surface area contributed by atoms with Crippen molar-refractivity contribution in [3.63, 3.8) is 0 Å². The fourth-order valence-corrected chi connectivity index (χ4v) is 2.92. The van der Waals surface area contributed by atoms with Crippen molar-refractivity contribution in [2.45, 2.75) is 25.1 Å². The van der Waals surface area contributed by atoms with Crippen molar-refractivity contribution in [2.24, 2.45) is 0 Å². The molecule has 1 aliphatic rings. The molecule has 1 saturated heterocycles. The van der Waals surface area contributed by atoms with E-state index in [9.17, 15) is 22.8 Å². The molecule has 9 heteroatoms. The lowest BCUT2D eigenvalue weighted by atomic mass is 10.1. The number of rotatable bonds is 7. The molecule has 2 aromatic rings. The third-order valence-electron chi connectivity index (χ3n) is 4.45. The Kier molecular flexibility index (Phi) is 6.94. The molecular weight excluding hydrogens is 401 g/mol. The largest absolute Gasteiger partial charge is 0.492 e. The molecule has 6 nitrogen and oxygen atoms in total. The molecule has 0 bridgehead atoms. The third kappa shape index (κ3) is 5.96. The van der Waals surface area contributed by atoms with E-state index in [0.717, 1.165) is 18.6 Å². The normalized spacial score (nSPS) is 16.2. The van der Waals surface area contributed by atoms with Crippen LogP contribution in [-0.2, 0) is 15.7 Å². The van der Waals surface area contributed by atoms with Gasteiger partial charge in [0.05, 0.1) is 12.1 Å². The van der Waals surface area contributed by atoms with Crippen LogP contribution in [0.2, 0.25) is 0 Å². The van der Waals surface area contributed by atoms with Gasteiger partial charge < -0.3 is 20.1 Å². The van der Waals surface area contributed by atoms with Crippen molar-refractivity contribution >= 4 is 17.5 Å². The predicted octanol–water partition coefficient (Wildman–Crippen LogP) is 3.63. The quantitative estimate of drug-likeness (QED) is 0.668. The summed E-state index contributed by atoms with van der Waals surface area (Å²) in [6.07, 6.45) is -3.35. The maximum atomic E-state index is 12.5. The lowest BCUT2D eigenvalue weighted by Crippen LogP contribution is -2.29. The van der Waals surface area contributed by atoms with Gasteiger partial charge in [-0.05, 0) is 55.3 Å². The van der Waals surface area contributed by atoms with E-state index in [1.807, 2.05) is 0 Å². The van der Waals surface area contributed by atoms with E-state index in [0.29, 0.717) is 24.3 Å². The topological polar surface area (TPSA) is 76.7 Å². The molecular formula is C21H21F3N2O4. The molecule has 0 saturated carbocycles. The summed E-state index contributed by atoms with van der Waals surface area (Å²) in [6, 6.07) is 10.8. The van der Waals surface area contributed by atoms with Crippen molar-refractivity contribution < 1.29 is 32.2 Å². The number of hydrogen-bond donors (Lipinski definition) is 2. The Hall–Kier alpha value is -3.07. The van der Waals surface area contributed by atoms with Crippen LogP contribution in [0.5, 0.6) is 5.75 Å². The number of hydrogen-bond acceptors (Lipinski definition) is 4. The van der Waals surface area contributed by atoms with Crippen LogP contribution >= 0.6 is 0 Å². The maximum Gasteiger partial charge on any atom is 0.416 e. The number of ether oxygens (including phenoxy) is 2. The highest BCUT2D eigenvalue weighted by molar-refractivity contribution is 5.98. The van der Waals surface area contributed by atoms with Gasteiger partial charge >= 0.3 is 6.18 Å². The fraction of sp³-hybridized carbons (Fsp3) is 0.333. The highest BCUT2D eigenvalue weighted by Gasteiger charge is 2.30. The van der Waals surface area contributed by atoms with Gasteiger partial charge in [0.15, 0.2) is 0 Å². The van der Waals surface area contributed by atoms with E-state index in [2.05, 4.69) is 10.6 Å². The Morgan fingerprint density at radius 1 is 1.13 bits per heavy atom. The van der Waals surface area contributed by atoms with Gasteiger partial charge in [-0.25, -0.2) is 0 Å². The summed E-state index contributed by atoms with van der Waals surface area (Å²) in [6.45, 7) is 0.813. The molecule has 0 spiro atoms. The fourth-order valence-electron chi connectivity index (χ4n) is 2.92. The minimum absolute atomic E-state index is 0.0898. The molecule has 0 aromatic heterocycles. The molecule has 160 valence electrons. The number of anilines is 1. The summed E-state index contributed by atoms with van der Waals surface area (Å²) >= 11 is 0. The van der Waals surface area contributed by atoms with E-state index in [4.69, 9.17) is 9.47 Å². The maximum absolute atomic E-state index is 12.5. The average Bonchev–Trinajstić information content (AvgIpc) is 3.26. The van der Waals surface area contributed by atoms with Crippen LogP contribution in [0.3, 0.4) is 0 Å². The van der Waals surface area contributed by atoms with Crippen molar-refractivity contribution in [3.05, 3.63) is 59.7 Å². The molecule has 1 aliphatic heterocycles. The average molecular weight is 422 g/mol. The smallest absolute Gasteiger partial charge is 0.416 e. The van der Waals surface area contributed by atoms with Gasteiger partial charge in [0, 0.05) is 17.9 Å². The van der Waals surface area contributed by atoms with Crippen molar-refractivity contribution in [1.29, 1.82) is 0 Å². The number of alkyl halides is 3. The Morgan fingerprint density at radius 3 is 2.57 bits per heavy atom. The van der Waals surface area contributed by atoms with Crippen LogP contribution in [0, 0.1) is 0 Å². The van der Waals surface area contributed by atoms with Gasteiger partial charge in [-0.1, -0.05) is 6.07 Å². The monoisotopic (exact) mass is 422 g/mol. The molecule has 2 N–H and O–H groups in total. The van der Waals surface area contributed by atoms with Crippen LogP contribution < -0.4 is 15.4 Å². The molecule has 1 unspecified atom stereocenters. The lowest BCUT2D eigenvalue weighted by molar-refractivity contribution is -0.137. The zero-order chi connectivity index (χ0) is 21.6. The predicted molar refractivity (Wildman–Crippen MR) is 103 cm³/mol. The first-order valence-corrected chi connectivity index (χ1v) is 9.44. The van der Waals surface area contributed by atoms with Crippen LogP contribution in [0.25, 0.3) is 0 Å². The van der Waals surface area contributed by atoms with Gasteiger partial charge in [0.2, 0.25) is 0 Å². The Morgan fingerprint density at radius 2 is 1.90 bits per heavy atom. The van der Waals surface area contributed by atoms with E-state index in [1.54, 1.807) is 24.3 Å². The van der Waals surface area contributed by atoms with Gasteiger partial charge in [-0.3, -0.25) is 9.59 Å². The van der Waals surface area contributed by atoms with Gasteiger partial charge in [0.25, 0.3) is 11.8 Å². The van der Waals surface area contributed by atoms with E-state index < -0.39 is 17.8 Å². The number of benzene rings is 2. The summed E-state index contributed by atoms with van der Waals surface area (Å²) in [4.78, 5) is 24.4. The first-order valence-electron chi connectivity index (χ1n) is 9.44. The molecule has 30 heavy (non-hydrogen) atoms. The molecule has 3 rings (SSSR count). The van der Waals surface area contributed by atoms with Crippen LogP contribution in [-0.4, -0.2) is 37.7 Å². The van der Waals surface area contributed by atoms with E-state index in [1.165, 1.54) is 12.1 Å². The number of carbonyl (C=O) groups excluding carboxylic acids is 2. The zero-order valence-corrected chi connectivity index (χ0v) is 16.0. The summed E-state index contributed by atoms with van der Waals surface area (Å²) in [5.41, 5.74) is 0.0912. The highest BCUT2D eigenvalue weighted by Crippen LogP contribution is 2.30. The molecule has 2 aromatic carbocycles.